The number of rotatable bonds is 4. The number of carbonyl (C=O) groups is 4. The number of hydrogen-bond donors (Lipinski definition) is 1. The summed E-state index contributed by atoms with van der Waals surface area (Å²) >= 11 is 0. The minimum atomic E-state index is -0.907. The van der Waals surface area contributed by atoms with Gasteiger partial charge in [-0.25, -0.2) is 9.69 Å². The summed E-state index contributed by atoms with van der Waals surface area (Å²) in [6.45, 7) is 1.64. The first-order valence-electron chi connectivity index (χ1n) is 9.40. The molecule has 156 valence electrons. The minimum absolute atomic E-state index is 0.260. The maximum atomic E-state index is 13.0. The first-order chi connectivity index (χ1) is 14.9. The number of imide groups is 2. The van der Waals surface area contributed by atoms with Crippen LogP contribution in [0.2, 0.25) is 0 Å². The van der Waals surface area contributed by atoms with Crippen LogP contribution in [0.4, 0.5) is 16.2 Å². The Balaban J connectivity index is 1.65. The third-order valence-corrected chi connectivity index (χ3v) is 4.95. The number of hydrazone groups is 1. The predicted octanol–water partition coefficient (Wildman–Crippen LogP) is 2.24. The molecule has 0 aliphatic carbocycles. The van der Waals surface area contributed by atoms with E-state index in [1.165, 1.54) is 30.3 Å². The molecule has 0 spiro atoms. The Morgan fingerprint density at radius 1 is 0.968 bits per heavy atom. The van der Waals surface area contributed by atoms with Crippen molar-refractivity contribution in [1.82, 2.24) is 5.32 Å². The molecule has 9 nitrogen and oxygen atoms in total. The second kappa shape index (κ2) is 7.86. The van der Waals surface area contributed by atoms with Gasteiger partial charge in [-0.2, -0.15) is 10.1 Å². The lowest BCUT2D eigenvalue weighted by atomic mass is 9.98. The summed E-state index contributed by atoms with van der Waals surface area (Å²) in [6, 6.07) is 14.2. The zero-order chi connectivity index (χ0) is 22.1. The van der Waals surface area contributed by atoms with E-state index in [0.29, 0.717) is 17.1 Å². The van der Waals surface area contributed by atoms with Gasteiger partial charge >= 0.3 is 6.03 Å². The fourth-order valence-corrected chi connectivity index (χ4v) is 3.34. The van der Waals surface area contributed by atoms with Gasteiger partial charge in [0.05, 0.1) is 30.1 Å². The van der Waals surface area contributed by atoms with E-state index in [0.717, 1.165) is 4.90 Å². The van der Waals surface area contributed by atoms with Crippen LogP contribution < -0.4 is 20.0 Å². The normalized spacial score (nSPS) is 20.3. The first-order valence-corrected chi connectivity index (χ1v) is 9.40. The molecule has 0 unspecified atom stereocenters. The molecule has 1 fully saturated rings. The number of nitrogens with one attached hydrogen (secondary N) is 1. The number of nitrogens with zero attached hydrogens (tertiary/aromatic N) is 3. The topological polar surface area (TPSA) is 108 Å². The quantitative estimate of drug-likeness (QED) is 0.605. The fraction of sp³-hybridized carbons (Fsp3) is 0.136. The van der Waals surface area contributed by atoms with Crippen LogP contribution in [0, 0.1) is 5.92 Å². The highest BCUT2D eigenvalue weighted by Crippen LogP contribution is 2.27. The minimum Gasteiger partial charge on any atom is -0.497 e. The molecular formula is C22H18N4O5. The number of anilines is 2. The lowest BCUT2D eigenvalue weighted by molar-refractivity contribution is -0.122. The maximum absolute atomic E-state index is 13.0. The largest absolute Gasteiger partial charge is 0.497 e. The summed E-state index contributed by atoms with van der Waals surface area (Å²) in [5.74, 6) is -2.44. The number of carbonyl (C=O) groups excluding carboxylic acids is 4. The third-order valence-electron chi connectivity index (χ3n) is 4.95. The number of urea groups is 1. The highest BCUT2D eigenvalue weighted by Gasteiger charge is 2.40. The van der Waals surface area contributed by atoms with Crippen LogP contribution in [0.1, 0.15) is 6.92 Å². The van der Waals surface area contributed by atoms with Crippen molar-refractivity contribution in [2.45, 2.75) is 6.92 Å². The van der Waals surface area contributed by atoms with E-state index >= 15 is 0 Å². The molecule has 0 saturated carbocycles. The van der Waals surface area contributed by atoms with E-state index < -0.39 is 29.7 Å². The fourth-order valence-electron chi connectivity index (χ4n) is 3.34. The van der Waals surface area contributed by atoms with Crippen LogP contribution in [0.15, 0.2) is 71.3 Å². The molecule has 31 heavy (non-hydrogen) atoms. The molecule has 2 aliphatic heterocycles. The van der Waals surface area contributed by atoms with Gasteiger partial charge in [0.15, 0.2) is 0 Å². The summed E-state index contributed by atoms with van der Waals surface area (Å²) in [5.41, 5.74) is 0.950. The van der Waals surface area contributed by atoms with Crippen molar-refractivity contribution in [1.29, 1.82) is 0 Å². The molecule has 0 bridgehead atoms. The number of benzene rings is 2. The molecule has 2 aliphatic rings. The van der Waals surface area contributed by atoms with Crippen LogP contribution in [0.25, 0.3) is 0 Å². The zero-order valence-corrected chi connectivity index (χ0v) is 16.7. The Morgan fingerprint density at radius 2 is 1.65 bits per heavy atom. The maximum Gasteiger partial charge on any atom is 0.335 e. The van der Waals surface area contributed by atoms with Crippen LogP contribution in [-0.2, 0) is 14.4 Å². The predicted molar refractivity (Wildman–Crippen MR) is 113 cm³/mol. The molecule has 5 amide bonds. The van der Waals surface area contributed by atoms with E-state index in [1.54, 1.807) is 43.3 Å². The highest BCUT2D eigenvalue weighted by molar-refractivity contribution is 6.38. The van der Waals surface area contributed by atoms with E-state index in [9.17, 15) is 19.2 Å². The van der Waals surface area contributed by atoms with E-state index in [4.69, 9.17) is 4.74 Å². The smallest absolute Gasteiger partial charge is 0.335 e. The molecular weight excluding hydrogens is 400 g/mol. The Kier molecular flexibility index (Phi) is 5.08. The Morgan fingerprint density at radius 3 is 2.29 bits per heavy atom. The average molecular weight is 418 g/mol. The van der Waals surface area contributed by atoms with Crippen molar-refractivity contribution in [2.24, 2.45) is 11.0 Å². The van der Waals surface area contributed by atoms with Gasteiger partial charge < -0.3 is 4.74 Å². The van der Waals surface area contributed by atoms with Crippen molar-refractivity contribution in [2.75, 3.05) is 17.0 Å². The second-order valence-corrected chi connectivity index (χ2v) is 6.88. The van der Waals surface area contributed by atoms with E-state index in [1.807, 2.05) is 6.07 Å². The summed E-state index contributed by atoms with van der Waals surface area (Å²) in [4.78, 5) is 51.5. The molecule has 2 heterocycles. The number of ether oxygens (including phenoxy) is 1. The lowest BCUT2D eigenvalue weighted by Gasteiger charge is -2.26. The SMILES string of the molecule is COc1ccc(N2C(=O)NC(=O)/C(=C\[C@H]3C(=O)N(c4ccccc4)N=C3C)C2=O)cc1. The van der Waals surface area contributed by atoms with Crippen molar-refractivity contribution < 1.29 is 23.9 Å². The van der Waals surface area contributed by atoms with Crippen LogP contribution in [0.5, 0.6) is 5.75 Å². The second-order valence-electron chi connectivity index (χ2n) is 6.88. The molecule has 1 atom stereocenters. The summed E-state index contributed by atoms with van der Waals surface area (Å²) in [7, 11) is 1.49. The number of methoxy groups -OCH3 is 1. The van der Waals surface area contributed by atoms with E-state index in [-0.39, 0.29) is 11.3 Å². The summed E-state index contributed by atoms with van der Waals surface area (Å²) in [6.07, 6.45) is 1.25. The monoisotopic (exact) mass is 418 g/mol. The summed E-state index contributed by atoms with van der Waals surface area (Å²) < 4.78 is 5.08. The van der Waals surface area contributed by atoms with Crippen molar-refractivity contribution in [3.8, 4) is 5.75 Å². The van der Waals surface area contributed by atoms with Crippen molar-refractivity contribution in [3.05, 3.63) is 66.2 Å². The molecule has 2 aromatic rings. The van der Waals surface area contributed by atoms with Gasteiger partial charge in [-0.15, -0.1) is 0 Å². The Hall–Kier alpha value is -4.27. The molecule has 1 saturated heterocycles. The van der Waals surface area contributed by atoms with Gasteiger partial charge in [-0.3, -0.25) is 19.7 Å². The van der Waals surface area contributed by atoms with Gasteiger partial charge in [-0.05, 0) is 49.4 Å². The Bertz CT molecular complexity index is 1140. The number of barbiturate groups is 1. The van der Waals surface area contributed by atoms with Crippen molar-refractivity contribution >= 4 is 40.8 Å². The molecule has 0 aromatic heterocycles. The summed E-state index contributed by atoms with van der Waals surface area (Å²) in [5, 5.41) is 7.64. The van der Waals surface area contributed by atoms with Gasteiger partial charge in [0.25, 0.3) is 17.7 Å². The van der Waals surface area contributed by atoms with Crippen LogP contribution in [-0.4, -0.2) is 36.6 Å². The standard InChI is InChI=1S/C22H18N4O5/c1-13-17(21(29)26(24-13)15-6-4-3-5-7-15)12-18-19(27)23-22(30)25(20(18)28)14-8-10-16(31-2)11-9-14/h3-12,17H,1-2H3,(H,23,27,30)/b18-12+/t17-/m1/s1. The van der Waals surface area contributed by atoms with Crippen LogP contribution >= 0.6 is 0 Å². The number of hydrogen-bond acceptors (Lipinski definition) is 6. The molecule has 4 rings (SSSR count). The van der Waals surface area contributed by atoms with E-state index in [2.05, 4.69) is 10.4 Å². The van der Waals surface area contributed by atoms with Gasteiger partial charge in [0.1, 0.15) is 11.3 Å². The molecule has 0 radical (unpaired) electrons. The lowest BCUT2D eigenvalue weighted by Crippen LogP contribution is -2.54. The number of amides is 5. The van der Waals surface area contributed by atoms with Gasteiger partial charge in [0.2, 0.25) is 0 Å². The highest BCUT2D eigenvalue weighted by atomic mass is 16.5. The zero-order valence-electron chi connectivity index (χ0n) is 16.7. The van der Waals surface area contributed by atoms with Crippen LogP contribution in [0.3, 0.4) is 0 Å². The van der Waals surface area contributed by atoms with Crippen molar-refractivity contribution in [3.63, 3.8) is 0 Å². The van der Waals surface area contributed by atoms with Gasteiger partial charge in [0, 0.05) is 0 Å². The third kappa shape index (κ3) is 3.57. The molecule has 2 aromatic carbocycles. The number of para-hydroxylation sites is 1. The average Bonchev–Trinajstić information content (AvgIpc) is 3.05. The Labute approximate surface area is 177 Å². The molecule has 1 N–H and O–H groups in total. The van der Waals surface area contributed by atoms with Gasteiger partial charge in [-0.1, -0.05) is 18.2 Å². The first kappa shape index (κ1) is 20.0. The molecule has 9 heteroatoms.